The molecule has 1 aromatic heterocycles. The van der Waals surface area contributed by atoms with E-state index in [-0.39, 0.29) is 17.6 Å². The zero-order valence-corrected chi connectivity index (χ0v) is 17.1. The van der Waals surface area contributed by atoms with Crippen LogP contribution in [0, 0.1) is 0 Å². The molecule has 6 heteroatoms. The van der Waals surface area contributed by atoms with Crippen LogP contribution in [-0.4, -0.2) is 42.7 Å². The van der Waals surface area contributed by atoms with Crippen LogP contribution in [0.1, 0.15) is 35.9 Å². The van der Waals surface area contributed by atoms with Crippen LogP contribution >= 0.6 is 0 Å². The number of benzene rings is 2. The molecule has 6 nitrogen and oxygen atoms in total. The van der Waals surface area contributed by atoms with Gasteiger partial charge in [-0.15, -0.1) is 0 Å². The molecule has 152 valence electrons. The topological polar surface area (TPSA) is 67.6 Å². The Kier molecular flexibility index (Phi) is 7.03. The van der Waals surface area contributed by atoms with E-state index in [0.717, 1.165) is 30.0 Å². The van der Waals surface area contributed by atoms with E-state index in [4.69, 9.17) is 9.26 Å². The number of aromatic nitrogens is 1. The summed E-state index contributed by atoms with van der Waals surface area (Å²) in [4.78, 5) is 15.0. The highest BCUT2D eigenvalue weighted by Crippen LogP contribution is 2.23. The van der Waals surface area contributed by atoms with Crippen molar-refractivity contribution in [2.24, 2.45) is 0 Å². The lowest BCUT2D eigenvalue weighted by Crippen LogP contribution is -2.38. The van der Waals surface area contributed by atoms with Crippen LogP contribution in [0.5, 0.6) is 5.75 Å². The van der Waals surface area contributed by atoms with Gasteiger partial charge >= 0.3 is 0 Å². The van der Waals surface area contributed by atoms with Crippen LogP contribution < -0.4 is 10.1 Å². The summed E-state index contributed by atoms with van der Waals surface area (Å²) in [5.41, 5.74) is 2.29. The minimum atomic E-state index is -0.249. The Balaban J connectivity index is 1.71. The fourth-order valence-electron chi connectivity index (χ4n) is 3.35. The minimum Gasteiger partial charge on any atom is -0.497 e. The van der Waals surface area contributed by atoms with Gasteiger partial charge < -0.3 is 14.6 Å². The van der Waals surface area contributed by atoms with Crippen molar-refractivity contribution in [1.82, 2.24) is 15.4 Å². The van der Waals surface area contributed by atoms with Crippen molar-refractivity contribution in [3.63, 3.8) is 0 Å². The lowest BCUT2D eigenvalue weighted by Gasteiger charge is -2.30. The summed E-state index contributed by atoms with van der Waals surface area (Å²) in [6.45, 7) is 6.47. The molecule has 3 rings (SSSR count). The van der Waals surface area contributed by atoms with E-state index in [1.807, 2.05) is 54.6 Å². The minimum absolute atomic E-state index is 0.0559. The van der Waals surface area contributed by atoms with Crippen molar-refractivity contribution >= 4 is 5.91 Å². The second kappa shape index (κ2) is 9.89. The Bertz CT molecular complexity index is 903. The van der Waals surface area contributed by atoms with Crippen molar-refractivity contribution in [2.45, 2.75) is 19.9 Å². The molecule has 29 heavy (non-hydrogen) atoms. The van der Waals surface area contributed by atoms with E-state index >= 15 is 0 Å². The van der Waals surface area contributed by atoms with Crippen molar-refractivity contribution < 1.29 is 14.1 Å². The van der Waals surface area contributed by atoms with Crippen LogP contribution in [-0.2, 0) is 0 Å². The molecule has 0 bridgehead atoms. The highest BCUT2D eigenvalue weighted by molar-refractivity contribution is 5.93. The van der Waals surface area contributed by atoms with Crippen LogP contribution in [0.15, 0.2) is 65.2 Å². The molecule has 0 radical (unpaired) electrons. The number of ether oxygens (including phenoxy) is 1. The summed E-state index contributed by atoms with van der Waals surface area (Å²) < 4.78 is 10.6. The summed E-state index contributed by atoms with van der Waals surface area (Å²) in [5, 5.41) is 6.94. The second-order valence-electron chi connectivity index (χ2n) is 6.66. The third kappa shape index (κ3) is 5.03. The van der Waals surface area contributed by atoms with Gasteiger partial charge in [-0.05, 0) is 30.8 Å². The maximum Gasteiger partial charge on any atom is 0.273 e. The predicted molar refractivity (Wildman–Crippen MR) is 113 cm³/mol. The Morgan fingerprint density at radius 2 is 1.79 bits per heavy atom. The summed E-state index contributed by atoms with van der Waals surface area (Å²) >= 11 is 0. The van der Waals surface area contributed by atoms with Crippen molar-refractivity contribution in [3.8, 4) is 17.1 Å². The summed E-state index contributed by atoms with van der Waals surface area (Å²) in [5.74, 6) is 1.14. The number of likely N-dealkylation sites (N-methyl/N-ethyl adjacent to an activating group) is 1. The Morgan fingerprint density at radius 1 is 1.10 bits per heavy atom. The number of hydrogen-bond acceptors (Lipinski definition) is 5. The number of carbonyl (C=O) groups is 1. The molecule has 0 unspecified atom stereocenters. The van der Waals surface area contributed by atoms with Crippen LogP contribution in [0.3, 0.4) is 0 Å². The third-order valence-corrected chi connectivity index (χ3v) is 5.01. The smallest absolute Gasteiger partial charge is 0.273 e. The SMILES string of the molecule is CCN(CC)[C@@H](CNC(=O)c1cc(-c2ccccc2)on1)c1ccc(OC)cc1. The lowest BCUT2D eigenvalue weighted by molar-refractivity contribution is 0.0926. The number of carbonyl (C=O) groups excluding carboxylic acids is 1. The molecule has 0 fully saturated rings. The van der Waals surface area contributed by atoms with Gasteiger partial charge in [-0.3, -0.25) is 9.69 Å². The standard InChI is InChI=1S/C23H27N3O3/c1-4-26(5-2)21(17-11-13-19(28-3)14-12-17)16-24-23(27)20-15-22(29-25-20)18-9-7-6-8-10-18/h6-15,21H,4-5,16H2,1-3H3,(H,24,27)/t21-/m0/s1. The maximum absolute atomic E-state index is 12.7. The molecule has 1 atom stereocenters. The van der Waals surface area contributed by atoms with E-state index in [1.54, 1.807) is 13.2 Å². The van der Waals surface area contributed by atoms with Gasteiger partial charge in [0.15, 0.2) is 11.5 Å². The molecular weight excluding hydrogens is 366 g/mol. The van der Waals surface area contributed by atoms with Gasteiger partial charge in [-0.1, -0.05) is 61.5 Å². The molecule has 1 amide bonds. The van der Waals surface area contributed by atoms with E-state index in [1.165, 1.54) is 0 Å². The van der Waals surface area contributed by atoms with E-state index in [0.29, 0.717) is 12.3 Å². The summed E-state index contributed by atoms with van der Waals surface area (Å²) in [7, 11) is 1.65. The van der Waals surface area contributed by atoms with Crippen LogP contribution in [0.2, 0.25) is 0 Å². The van der Waals surface area contributed by atoms with E-state index < -0.39 is 0 Å². The van der Waals surface area contributed by atoms with E-state index in [9.17, 15) is 4.79 Å². The molecule has 0 aliphatic rings. The Hall–Kier alpha value is -3.12. The number of nitrogens with zero attached hydrogens (tertiary/aromatic N) is 2. The van der Waals surface area contributed by atoms with Gasteiger partial charge in [-0.2, -0.15) is 0 Å². The van der Waals surface area contributed by atoms with Crippen LogP contribution in [0.25, 0.3) is 11.3 Å². The van der Waals surface area contributed by atoms with Gasteiger partial charge in [0, 0.05) is 18.2 Å². The molecule has 0 saturated heterocycles. The zero-order valence-electron chi connectivity index (χ0n) is 17.1. The Labute approximate surface area is 171 Å². The fraction of sp³-hybridized carbons (Fsp3) is 0.304. The molecule has 0 saturated carbocycles. The highest BCUT2D eigenvalue weighted by atomic mass is 16.5. The molecule has 1 N–H and O–H groups in total. The maximum atomic E-state index is 12.7. The van der Waals surface area contributed by atoms with Gasteiger partial charge in [0.05, 0.1) is 13.2 Å². The average Bonchev–Trinajstić information content (AvgIpc) is 3.28. The number of amides is 1. The highest BCUT2D eigenvalue weighted by Gasteiger charge is 2.21. The normalized spacial score (nSPS) is 12.0. The summed E-state index contributed by atoms with van der Waals surface area (Å²) in [6.07, 6.45) is 0. The molecule has 0 aliphatic carbocycles. The average molecular weight is 393 g/mol. The first kappa shape index (κ1) is 20.6. The van der Waals surface area contributed by atoms with Crippen molar-refractivity contribution in [1.29, 1.82) is 0 Å². The second-order valence-corrected chi connectivity index (χ2v) is 6.66. The Morgan fingerprint density at radius 3 is 2.41 bits per heavy atom. The molecule has 0 aliphatic heterocycles. The molecule has 1 heterocycles. The predicted octanol–water partition coefficient (Wildman–Crippen LogP) is 4.16. The van der Waals surface area contributed by atoms with Gasteiger partial charge in [0.25, 0.3) is 5.91 Å². The lowest BCUT2D eigenvalue weighted by atomic mass is 10.0. The number of hydrogen-bond donors (Lipinski definition) is 1. The van der Waals surface area contributed by atoms with Crippen molar-refractivity contribution in [3.05, 3.63) is 71.9 Å². The summed E-state index contributed by atoms with van der Waals surface area (Å²) in [6, 6.07) is 19.3. The van der Waals surface area contributed by atoms with Gasteiger partial charge in [0.1, 0.15) is 5.75 Å². The monoisotopic (exact) mass is 393 g/mol. The fourth-order valence-corrected chi connectivity index (χ4v) is 3.35. The first-order valence-corrected chi connectivity index (χ1v) is 9.84. The van der Waals surface area contributed by atoms with Gasteiger partial charge in [0.2, 0.25) is 0 Å². The quantitative estimate of drug-likeness (QED) is 0.591. The van der Waals surface area contributed by atoms with Gasteiger partial charge in [-0.25, -0.2) is 0 Å². The molecule has 0 spiro atoms. The zero-order chi connectivity index (χ0) is 20.6. The van der Waals surface area contributed by atoms with E-state index in [2.05, 4.69) is 29.2 Å². The van der Waals surface area contributed by atoms with Crippen LogP contribution in [0.4, 0.5) is 0 Å². The first-order valence-electron chi connectivity index (χ1n) is 9.84. The first-order chi connectivity index (χ1) is 14.2. The molecule has 2 aromatic carbocycles. The number of nitrogens with one attached hydrogen (secondary N) is 1. The van der Waals surface area contributed by atoms with Crippen molar-refractivity contribution in [2.75, 3.05) is 26.7 Å². The third-order valence-electron chi connectivity index (χ3n) is 5.01. The molecule has 3 aromatic rings. The number of methoxy groups -OCH3 is 1. The number of rotatable bonds is 9. The largest absolute Gasteiger partial charge is 0.497 e. The molecular formula is C23H27N3O3.